The number of hydrogen-bond acceptors (Lipinski definition) is 4. The fourth-order valence-corrected chi connectivity index (χ4v) is 5.20. The molecule has 1 unspecified atom stereocenters. The number of aromatic nitrogens is 1. The molecule has 0 fully saturated rings. The zero-order valence-corrected chi connectivity index (χ0v) is 15.7. The zero-order chi connectivity index (χ0) is 14.1. The standard InChI is InChI=1S/C14H13I2N3S/c15-9-5-8(6-10(16)7-9)1-2-11-13-12(3-4-18-11)19-14(17)20-13/h1-2,5-7,11,18H,3-4H2,(H2,17,19)/b2-1-. The van der Waals surface area contributed by atoms with Gasteiger partial charge in [0.1, 0.15) is 0 Å². The first-order valence-corrected chi connectivity index (χ1v) is 9.22. The quantitative estimate of drug-likeness (QED) is 0.606. The van der Waals surface area contributed by atoms with E-state index >= 15 is 0 Å². The van der Waals surface area contributed by atoms with E-state index in [1.165, 1.54) is 17.6 Å². The summed E-state index contributed by atoms with van der Waals surface area (Å²) >= 11 is 6.29. The van der Waals surface area contributed by atoms with Gasteiger partial charge in [-0.2, -0.15) is 0 Å². The maximum absolute atomic E-state index is 5.82. The summed E-state index contributed by atoms with van der Waals surface area (Å²) in [5, 5.41) is 4.18. The molecule has 3 nitrogen and oxygen atoms in total. The second-order valence-electron chi connectivity index (χ2n) is 4.61. The van der Waals surface area contributed by atoms with Gasteiger partial charge in [0.25, 0.3) is 0 Å². The van der Waals surface area contributed by atoms with Gasteiger partial charge < -0.3 is 11.1 Å². The minimum Gasteiger partial charge on any atom is -0.375 e. The van der Waals surface area contributed by atoms with Gasteiger partial charge >= 0.3 is 0 Å². The number of halogens is 2. The van der Waals surface area contributed by atoms with Crippen LogP contribution in [0.15, 0.2) is 24.3 Å². The van der Waals surface area contributed by atoms with Crippen LogP contribution in [0.1, 0.15) is 22.2 Å². The Balaban J connectivity index is 1.86. The van der Waals surface area contributed by atoms with Crippen molar-refractivity contribution in [1.82, 2.24) is 10.3 Å². The molecule has 1 atom stereocenters. The molecular formula is C14H13I2N3S. The van der Waals surface area contributed by atoms with Crippen molar-refractivity contribution < 1.29 is 0 Å². The van der Waals surface area contributed by atoms with Crippen LogP contribution in [0.4, 0.5) is 5.13 Å². The van der Waals surface area contributed by atoms with Crippen LogP contribution in [-0.4, -0.2) is 11.5 Å². The SMILES string of the molecule is Nc1nc2c(s1)C(/C=C\c1cc(I)cc(I)c1)NCC2. The van der Waals surface area contributed by atoms with Crippen LogP contribution in [0.25, 0.3) is 6.08 Å². The Morgan fingerprint density at radius 3 is 2.80 bits per heavy atom. The van der Waals surface area contributed by atoms with E-state index in [0.29, 0.717) is 5.13 Å². The fourth-order valence-electron chi connectivity index (χ4n) is 2.28. The Morgan fingerprint density at radius 1 is 1.30 bits per heavy atom. The monoisotopic (exact) mass is 509 g/mol. The summed E-state index contributed by atoms with van der Waals surface area (Å²) in [4.78, 5) is 5.66. The van der Waals surface area contributed by atoms with Crippen molar-refractivity contribution in [2.45, 2.75) is 12.5 Å². The van der Waals surface area contributed by atoms with Crippen LogP contribution in [-0.2, 0) is 6.42 Å². The molecule has 1 aromatic carbocycles. The number of thiazole rings is 1. The van der Waals surface area contributed by atoms with E-state index in [4.69, 9.17) is 5.73 Å². The third-order valence-corrected chi connectivity index (χ3v) is 5.37. The molecular weight excluding hydrogens is 496 g/mol. The zero-order valence-electron chi connectivity index (χ0n) is 10.6. The molecule has 2 aromatic rings. The average Bonchev–Trinajstić information content (AvgIpc) is 2.76. The third-order valence-electron chi connectivity index (χ3n) is 3.12. The fraction of sp³-hybridized carbons (Fsp3) is 0.214. The summed E-state index contributed by atoms with van der Waals surface area (Å²) in [5.74, 6) is 0. The topological polar surface area (TPSA) is 50.9 Å². The highest BCUT2D eigenvalue weighted by molar-refractivity contribution is 14.1. The molecule has 20 heavy (non-hydrogen) atoms. The van der Waals surface area contributed by atoms with Crippen LogP contribution in [0.2, 0.25) is 0 Å². The van der Waals surface area contributed by atoms with E-state index < -0.39 is 0 Å². The lowest BCUT2D eigenvalue weighted by atomic mass is 10.1. The van der Waals surface area contributed by atoms with Crippen molar-refractivity contribution in [3.8, 4) is 0 Å². The van der Waals surface area contributed by atoms with Crippen LogP contribution < -0.4 is 11.1 Å². The van der Waals surface area contributed by atoms with Crippen molar-refractivity contribution in [3.63, 3.8) is 0 Å². The van der Waals surface area contributed by atoms with E-state index in [1.807, 2.05) is 0 Å². The maximum atomic E-state index is 5.82. The molecule has 0 spiro atoms. The molecule has 0 bridgehead atoms. The average molecular weight is 509 g/mol. The lowest BCUT2D eigenvalue weighted by Crippen LogP contribution is -2.27. The Morgan fingerprint density at radius 2 is 2.05 bits per heavy atom. The van der Waals surface area contributed by atoms with Crippen LogP contribution in [0.3, 0.4) is 0 Å². The summed E-state index contributed by atoms with van der Waals surface area (Å²) < 4.78 is 2.52. The van der Waals surface area contributed by atoms with Gasteiger partial charge in [0, 0.05) is 20.1 Å². The molecule has 104 valence electrons. The lowest BCUT2D eigenvalue weighted by Gasteiger charge is -2.19. The second-order valence-corrected chi connectivity index (χ2v) is 8.16. The predicted octanol–water partition coefficient (Wildman–Crippen LogP) is 3.83. The molecule has 0 saturated heterocycles. The first kappa shape index (κ1) is 14.7. The number of rotatable bonds is 2. The number of nitrogens with zero attached hydrogens (tertiary/aromatic N) is 1. The van der Waals surface area contributed by atoms with Gasteiger partial charge in [-0.15, -0.1) is 11.3 Å². The molecule has 1 aromatic heterocycles. The van der Waals surface area contributed by atoms with E-state index in [9.17, 15) is 0 Å². The predicted molar refractivity (Wildman–Crippen MR) is 102 cm³/mol. The molecule has 1 aliphatic heterocycles. The van der Waals surface area contributed by atoms with Gasteiger partial charge in [-0.25, -0.2) is 4.98 Å². The minimum atomic E-state index is 0.226. The van der Waals surface area contributed by atoms with Crippen LogP contribution in [0.5, 0.6) is 0 Å². The van der Waals surface area contributed by atoms with Gasteiger partial charge in [0.05, 0.1) is 16.6 Å². The van der Waals surface area contributed by atoms with Gasteiger partial charge in [-0.3, -0.25) is 0 Å². The van der Waals surface area contributed by atoms with Gasteiger partial charge in [0.15, 0.2) is 5.13 Å². The largest absolute Gasteiger partial charge is 0.375 e. The Labute approximate surface area is 149 Å². The number of hydrogen-bond donors (Lipinski definition) is 2. The first-order valence-electron chi connectivity index (χ1n) is 6.24. The van der Waals surface area contributed by atoms with Crippen molar-refractivity contribution in [1.29, 1.82) is 0 Å². The maximum Gasteiger partial charge on any atom is 0.180 e. The number of anilines is 1. The Hall–Kier alpha value is -0.190. The Bertz CT molecular complexity index is 646. The highest BCUT2D eigenvalue weighted by Crippen LogP contribution is 2.31. The molecule has 3 N–H and O–H groups in total. The normalized spacial score (nSPS) is 18.4. The molecule has 1 aliphatic rings. The van der Waals surface area contributed by atoms with E-state index in [1.54, 1.807) is 11.3 Å². The first-order chi connectivity index (χ1) is 9.61. The molecule has 3 rings (SSSR count). The van der Waals surface area contributed by atoms with Gasteiger partial charge in [-0.05, 0) is 68.9 Å². The Kier molecular flexibility index (Phi) is 4.63. The number of nitrogens with one attached hydrogen (secondary N) is 1. The van der Waals surface area contributed by atoms with Crippen molar-refractivity contribution >= 4 is 67.7 Å². The highest BCUT2D eigenvalue weighted by Gasteiger charge is 2.21. The van der Waals surface area contributed by atoms with E-state index in [0.717, 1.165) is 18.7 Å². The number of benzene rings is 1. The van der Waals surface area contributed by atoms with Crippen LogP contribution >= 0.6 is 56.5 Å². The molecule has 6 heteroatoms. The summed E-state index contributed by atoms with van der Waals surface area (Å²) in [5.41, 5.74) is 8.20. The number of fused-ring (bicyclic) bond motifs is 1. The summed E-state index contributed by atoms with van der Waals surface area (Å²) in [6.07, 6.45) is 5.35. The van der Waals surface area contributed by atoms with Crippen LogP contribution in [0, 0.1) is 7.14 Å². The number of nitrogen functional groups attached to an aromatic ring is 1. The van der Waals surface area contributed by atoms with Crippen molar-refractivity contribution in [2.24, 2.45) is 0 Å². The molecule has 0 radical (unpaired) electrons. The number of nitrogens with two attached hydrogens (primary N) is 1. The van der Waals surface area contributed by atoms with E-state index in [2.05, 4.69) is 85.8 Å². The second kappa shape index (κ2) is 6.29. The van der Waals surface area contributed by atoms with Gasteiger partial charge in [-0.1, -0.05) is 12.2 Å². The highest BCUT2D eigenvalue weighted by atomic mass is 127. The lowest BCUT2D eigenvalue weighted by molar-refractivity contribution is 0.585. The van der Waals surface area contributed by atoms with Gasteiger partial charge in [0.2, 0.25) is 0 Å². The summed E-state index contributed by atoms with van der Waals surface area (Å²) in [7, 11) is 0. The molecule has 0 saturated carbocycles. The van der Waals surface area contributed by atoms with E-state index in [-0.39, 0.29) is 6.04 Å². The summed E-state index contributed by atoms with van der Waals surface area (Å²) in [6.45, 7) is 0.953. The summed E-state index contributed by atoms with van der Waals surface area (Å²) in [6, 6.07) is 6.76. The minimum absolute atomic E-state index is 0.226. The third kappa shape index (κ3) is 3.34. The van der Waals surface area contributed by atoms with Crippen molar-refractivity contribution in [3.05, 3.63) is 47.6 Å². The molecule has 0 amide bonds. The molecule has 0 aliphatic carbocycles. The molecule has 2 heterocycles. The van der Waals surface area contributed by atoms with Crippen molar-refractivity contribution in [2.75, 3.05) is 12.3 Å². The smallest absolute Gasteiger partial charge is 0.180 e.